The van der Waals surface area contributed by atoms with Gasteiger partial charge in [-0.2, -0.15) is 0 Å². The Hall–Kier alpha value is -3.94. The van der Waals surface area contributed by atoms with Gasteiger partial charge in [-0.15, -0.1) is 0 Å². The number of hydrogen-bond donors (Lipinski definition) is 3. The van der Waals surface area contributed by atoms with Crippen molar-refractivity contribution in [3.63, 3.8) is 0 Å². The van der Waals surface area contributed by atoms with Crippen molar-refractivity contribution >= 4 is 11.9 Å². The molecule has 3 amide bonds. The largest absolute Gasteiger partial charge is 0.439 e. The van der Waals surface area contributed by atoms with Crippen molar-refractivity contribution in [2.45, 2.75) is 19.0 Å². The first-order chi connectivity index (χ1) is 14.5. The molecule has 0 spiro atoms. The fourth-order valence-corrected chi connectivity index (χ4v) is 2.85. The lowest BCUT2D eigenvalue weighted by Gasteiger charge is -2.18. The number of nitrogens with zero attached hydrogens (tertiary/aromatic N) is 1. The van der Waals surface area contributed by atoms with E-state index in [-0.39, 0.29) is 24.8 Å². The van der Waals surface area contributed by atoms with Gasteiger partial charge in [-0.25, -0.2) is 14.2 Å². The van der Waals surface area contributed by atoms with Gasteiger partial charge >= 0.3 is 6.03 Å². The molecule has 0 aliphatic heterocycles. The van der Waals surface area contributed by atoms with Gasteiger partial charge in [0, 0.05) is 24.4 Å². The number of nitrogens with two attached hydrogens (primary N) is 1. The molecule has 0 bridgehead atoms. The Bertz CT molecular complexity index is 1010. The number of halogens is 1. The number of amides is 3. The number of rotatable bonds is 8. The maximum atomic E-state index is 13.4. The molecule has 0 aliphatic rings. The average Bonchev–Trinajstić information content (AvgIpc) is 2.73. The predicted molar refractivity (Wildman–Crippen MR) is 109 cm³/mol. The summed E-state index contributed by atoms with van der Waals surface area (Å²) >= 11 is 0. The van der Waals surface area contributed by atoms with Gasteiger partial charge in [0.2, 0.25) is 11.8 Å². The molecule has 0 fully saturated rings. The van der Waals surface area contributed by atoms with Crippen molar-refractivity contribution in [3.05, 3.63) is 89.9 Å². The van der Waals surface area contributed by atoms with Gasteiger partial charge in [0.15, 0.2) is 0 Å². The SMILES string of the molecule is NC(=O)N[C@H](CC(=O)NCc1cccnc1Oc1cccc(F)c1)c1ccccc1. The highest BCUT2D eigenvalue weighted by atomic mass is 19.1. The van der Waals surface area contributed by atoms with Gasteiger partial charge in [0.1, 0.15) is 11.6 Å². The minimum absolute atomic E-state index is 0.00724. The Balaban J connectivity index is 1.64. The number of urea groups is 1. The molecule has 0 saturated heterocycles. The molecule has 1 aromatic heterocycles. The molecular formula is C22H21FN4O3. The lowest BCUT2D eigenvalue weighted by atomic mass is 10.0. The molecule has 0 aliphatic carbocycles. The number of pyridine rings is 1. The number of ether oxygens (including phenoxy) is 1. The highest BCUT2D eigenvalue weighted by Gasteiger charge is 2.17. The molecule has 1 atom stereocenters. The zero-order valence-corrected chi connectivity index (χ0v) is 16.0. The summed E-state index contributed by atoms with van der Waals surface area (Å²) in [6.07, 6.45) is 1.55. The van der Waals surface area contributed by atoms with Gasteiger partial charge < -0.3 is 21.1 Å². The van der Waals surface area contributed by atoms with E-state index in [4.69, 9.17) is 10.5 Å². The number of carbonyl (C=O) groups is 2. The van der Waals surface area contributed by atoms with Gasteiger partial charge in [0.05, 0.1) is 12.5 Å². The third-order valence-electron chi connectivity index (χ3n) is 4.24. The van der Waals surface area contributed by atoms with Gasteiger partial charge in [-0.3, -0.25) is 4.79 Å². The number of aromatic nitrogens is 1. The third-order valence-corrected chi connectivity index (χ3v) is 4.24. The Morgan fingerprint density at radius 2 is 1.87 bits per heavy atom. The topological polar surface area (TPSA) is 106 Å². The summed E-state index contributed by atoms with van der Waals surface area (Å²) in [5.74, 6) is -0.153. The summed E-state index contributed by atoms with van der Waals surface area (Å²) in [5, 5.41) is 5.36. The molecule has 4 N–H and O–H groups in total. The van der Waals surface area contributed by atoms with E-state index in [9.17, 15) is 14.0 Å². The van der Waals surface area contributed by atoms with Crippen LogP contribution in [-0.4, -0.2) is 16.9 Å². The standard InChI is InChI=1S/C22H21FN4O3/c23-17-9-4-10-18(12-17)30-21-16(8-5-11-25-21)14-26-20(28)13-19(27-22(24)29)15-6-2-1-3-7-15/h1-12,19H,13-14H2,(H,26,28)(H3,24,27,29)/t19-/m1/s1. The Kier molecular flexibility index (Phi) is 6.94. The van der Waals surface area contributed by atoms with Crippen LogP contribution in [0.1, 0.15) is 23.6 Å². The number of carbonyl (C=O) groups excluding carboxylic acids is 2. The molecule has 30 heavy (non-hydrogen) atoms. The van der Waals surface area contributed by atoms with E-state index < -0.39 is 17.9 Å². The summed E-state index contributed by atoms with van der Waals surface area (Å²) in [6.45, 7) is 0.148. The van der Waals surface area contributed by atoms with Crippen molar-refractivity contribution in [3.8, 4) is 11.6 Å². The third kappa shape index (κ3) is 6.03. The summed E-state index contributed by atoms with van der Waals surface area (Å²) in [7, 11) is 0. The first-order valence-corrected chi connectivity index (χ1v) is 9.26. The van der Waals surface area contributed by atoms with Crippen molar-refractivity contribution < 1.29 is 18.7 Å². The number of nitrogens with one attached hydrogen (secondary N) is 2. The van der Waals surface area contributed by atoms with Crippen molar-refractivity contribution in [2.24, 2.45) is 5.73 Å². The number of hydrogen-bond acceptors (Lipinski definition) is 4. The van der Waals surface area contributed by atoms with Crippen LogP contribution in [0.15, 0.2) is 72.9 Å². The molecule has 3 aromatic rings. The van der Waals surface area contributed by atoms with Gasteiger partial charge in [-0.05, 0) is 23.8 Å². The lowest BCUT2D eigenvalue weighted by molar-refractivity contribution is -0.121. The zero-order chi connectivity index (χ0) is 21.3. The van der Waals surface area contributed by atoms with E-state index in [1.54, 1.807) is 36.5 Å². The van der Waals surface area contributed by atoms with Crippen LogP contribution in [0.4, 0.5) is 9.18 Å². The minimum Gasteiger partial charge on any atom is -0.439 e. The second kappa shape index (κ2) is 10.0. The first kappa shape index (κ1) is 20.8. The molecule has 0 unspecified atom stereocenters. The van der Waals surface area contributed by atoms with Crippen LogP contribution in [0.25, 0.3) is 0 Å². The summed E-state index contributed by atoms with van der Waals surface area (Å²) in [6, 6.07) is 17.0. The molecule has 7 nitrogen and oxygen atoms in total. The summed E-state index contributed by atoms with van der Waals surface area (Å²) in [4.78, 5) is 28.0. The van der Waals surface area contributed by atoms with E-state index in [1.807, 2.05) is 18.2 Å². The fourth-order valence-electron chi connectivity index (χ4n) is 2.85. The molecular weight excluding hydrogens is 387 g/mol. The zero-order valence-electron chi connectivity index (χ0n) is 16.0. The summed E-state index contributed by atoms with van der Waals surface area (Å²) in [5.41, 5.74) is 6.63. The Morgan fingerprint density at radius 1 is 1.07 bits per heavy atom. The van der Waals surface area contributed by atoms with Gasteiger partial charge in [-0.1, -0.05) is 42.5 Å². The van der Waals surface area contributed by atoms with Crippen LogP contribution in [-0.2, 0) is 11.3 Å². The van der Waals surface area contributed by atoms with Crippen molar-refractivity contribution in [2.75, 3.05) is 0 Å². The molecule has 3 rings (SSSR count). The number of primary amides is 1. The van der Waals surface area contributed by atoms with E-state index in [0.717, 1.165) is 5.56 Å². The predicted octanol–water partition coefficient (Wildman–Crippen LogP) is 3.43. The van der Waals surface area contributed by atoms with Crippen molar-refractivity contribution in [1.29, 1.82) is 0 Å². The van der Waals surface area contributed by atoms with Crippen LogP contribution >= 0.6 is 0 Å². The molecule has 8 heteroatoms. The first-order valence-electron chi connectivity index (χ1n) is 9.26. The molecule has 1 heterocycles. The fraction of sp³-hybridized carbons (Fsp3) is 0.136. The Labute approximate surface area is 173 Å². The molecule has 2 aromatic carbocycles. The second-order valence-corrected chi connectivity index (χ2v) is 6.48. The lowest BCUT2D eigenvalue weighted by Crippen LogP contribution is -2.36. The van der Waals surface area contributed by atoms with Crippen LogP contribution < -0.4 is 21.1 Å². The maximum absolute atomic E-state index is 13.4. The molecule has 0 saturated carbocycles. The highest BCUT2D eigenvalue weighted by Crippen LogP contribution is 2.23. The minimum atomic E-state index is -0.713. The smallest absolute Gasteiger partial charge is 0.312 e. The van der Waals surface area contributed by atoms with E-state index in [1.165, 1.54) is 18.2 Å². The second-order valence-electron chi connectivity index (χ2n) is 6.48. The normalized spacial score (nSPS) is 11.4. The maximum Gasteiger partial charge on any atom is 0.312 e. The number of benzene rings is 2. The summed E-state index contributed by atoms with van der Waals surface area (Å²) < 4.78 is 19.0. The quantitative estimate of drug-likeness (QED) is 0.531. The van der Waals surface area contributed by atoms with E-state index in [0.29, 0.717) is 11.3 Å². The monoisotopic (exact) mass is 408 g/mol. The van der Waals surface area contributed by atoms with Crippen LogP contribution in [0.3, 0.4) is 0 Å². The Morgan fingerprint density at radius 3 is 2.60 bits per heavy atom. The van der Waals surface area contributed by atoms with E-state index >= 15 is 0 Å². The highest BCUT2D eigenvalue weighted by molar-refractivity contribution is 5.78. The van der Waals surface area contributed by atoms with Crippen LogP contribution in [0, 0.1) is 5.82 Å². The van der Waals surface area contributed by atoms with E-state index in [2.05, 4.69) is 15.6 Å². The van der Waals surface area contributed by atoms with Crippen LogP contribution in [0.2, 0.25) is 0 Å². The van der Waals surface area contributed by atoms with Crippen molar-refractivity contribution in [1.82, 2.24) is 15.6 Å². The average molecular weight is 408 g/mol. The van der Waals surface area contributed by atoms with Gasteiger partial charge in [0.25, 0.3) is 0 Å². The van der Waals surface area contributed by atoms with Crippen LogP contribution in [0.5, 0.6) is 11.6 Å². The molecule has 0 radical (unpaired) electrons. The molecule has 154 valence electrons.